The van der Waals surface area contributed by atoms with Gasteiger partial charge in [0.2, 0.25) is 5.91 Å². The van der Waals surface area contributed by atoms with Gasteiger partial charge in [0.1, 0.15) is 5.75 Å². The van der Waals surface area contributed by atoms with Crippen molar-refractivity contribution >= 4 is 33.7 Å². The summed E-state index contributed by atoms with van der Waals surface area (Å²) in [5.74, 6) is 1.90. The summed E-state index contributed by atoms with van der Waals surface area (Å²) in [4.78, 5) is 25.2. The van der Waals surface area contributed by atoms with Crippen LogP contribution in [0.15, 0.2) is 36.4 Å². The van der Waals surface area contributed by atoms with Gasteiger partial charge >= 0.3 is 0 Å². The summed E-state index contributed by atoms with van der Waals surface area (Å²) in [6, 6.07) is 12.1. The molecule has 1 aliphatic carbocycles. The van der Waals surface area contributed by atoms with Crippen LogP contribution in [0.1, 0.15) is 50.5 Å². The van der Waals surface area contributed by atoms with Crippen molar-refractivity contribution in [3.05, 3.63) is 42.0 Å². The first-order chi connectivity index (χ1) is 13.7. The lowest BCUT2D eigenvalue weighted by molar-refractivity contribution is -0.124. The van der Waals surface area contributed by atoms with E-state index in [1.54, 1.807) is 0 Å². The molecule has 1 aliphatic heterocycles. The third-order valence-corrected chi connectivity index (χ3v) is 6.74. The zero-order valence-corrected chi connectivity index (χ0v) is 17.0. The van der Waals surface area contributed by atoms with Crippen LogP contribution in [0.4, 0.5) is 4.79 Å². The summed E-state index contributed by atoms with van der Waals surface area (Å²) in [5, 5.41) is 1.94. The quantitative estimate of drug-likeness (QED) is 0.556. The van der Waals surface area contributed by atoms with Crippen LogP contribution in [-0.2, 0) is 11.3 Å². The predicted molar refractivity (Wildman–Crippen MR) is 114 cm³/mol. The van der Waals surface area contributed by atoms with Crippen LogP contribution >= 0.6 is 11.8 Å². The van der Waals surface area contributed by atoms with E-state index in [1.165, 1.54) is 43.4 Å². The highest BCUT2D eigenvalue weighted by atomic mass is 32.2. The first-order valence-corrected chi connectivity index (χ1v) is 11.3. The molecular weight excluding hydrogens is 370 g/mol. The third-order valence-electron chi connectivity index (χ3n) is 5.88. The second-order valence-electron chi connectivity index (χ2n) is 7.80. The van der Waals surface area contributed by atoms with Crippen molar-refractivity contribution < 1.29 is 14.3 Å². The highest BCUT2D eigenvalue weighted by molar-refractivity contribution is 8.14. The van der Waals surface area contributed by atoms with Crippen molar-refractivity contribution in [2.45, 2.75) is 51.5 Å². The Balaban J connectivity index is 1.43. The summed E-state index contributed by atoms with van der Waals surface area (Å²) in [5.41, 5.74) is 0.981. The highest BCUT2D eigenvalue weighted by Gasteiger charge is 2.30. The van der Waals surface area contributed by atoms with Crippen LogP contribution in [-0.4, -0.2) is 28.4 Å². The molecule has 4 nitrogen and oxygen atoms in total. The molecule has 28 heavy (non-hydrogen) atoms. The molecular formula is C23H27NO3S. The van der Waals surface area contributed by atoms with Gasteiger partial charge in [0, 0.05) is 5.39 Å². The van der Waals surface area contributed by atoms with Gasteiger partial charge in [-0.1, -0.05) is 74.2 Å². The topological polar surface area (TPSA) is 46.6 Å². The van der Waals surface area contributed by atoms with Crippen LogP contribution in [0.3, 0.4) is 0 Å². The minimum Gasteiger partial charge on any atom is -0.493 e. The molecule has 2 aliphatic rings. The molecule has 4 rings (SSSR count). The summed E-state index contributed by atoms with van der Waals surface area (Å²) in [6.07, 6.45) is 9.28. The first kappa shape index (κ1) is 19.3. The smallest absolute Gasteiger partial charge is 0.289 e. The SMILES string of the molecule is O=C1CSC(=O)N1Cc1ccc(OCCCC2CCCCC2)c2ccccc12. The van der Waals surface area contributed by atoms with Gasteiger partial charge in [-0.2, -0.15) is 0 Å². The van der Waals surface area contributed by atoms with Crippen LogP contribution in [0.2, 0.25) is 0 Å². The summed E-state index contributed by atoms with van der Waals surface area (Å²) < 4.78 is 6.13. The molecule has 5 heteroatoms. The van der Waals surface area contributed by atoms with E-state index >= 15 is 0 Å². The number of hydrogen-bond acceptors (Lipinski definition) is 4. The number of fused-ring (bicyclic) bond motifs is 1. The Kier molecular flexibility index (Phi) is 6.20. The van der Waals surface area contributed by atoms with E-state index in [-0.39, 0.29) is 16.9 Å². The molecule has 1 heterocycles. The number of carbonyl (C=O) groups excluding carboxylic acids is 2. The van der Waals surface area contributed by atoms with Crippen molar-refractivity contribution in [3.63, 3.8) is 0 Å². The standard InChI is InChI=1S/C23H27NO3S/c25-22-16-28-23(26)24(22)15-18-12-13-21(20-11-5-4-10-19(18)20)27-14-6-9-17-7-2-1-3-8-17/h4-5,10-13,17H,1-3,6-9,14-16H2. The number of amides is 2. The van der Waals surface area contributed by atoms with E-state index < -0.39 is 0 Å². The Morgan fingerprint density at radius 3 is 2.54 bits per heavy atom. The van der Waals surface area contributed by atoms with Crippen LogP contribution in [0.5, 0.6) is 5.75 Å². The molecule has 148 valence electrons. The Morgan fingerprint density at radius 1 is 1.00 bits per heavy atom. The fourth-order valence-corrected chi connectivity index (χ4v) is 5.06. The summed E-state index contributed by atoms with van der Waals surface area (Å²) in [6.45, 7) is 1.06. The summed E-state index contributed by atoms with van der Waals surface area (Å²) >= 11 is 1.08. The average Bonchev–Trinajstić information content (AvgIpc) is 3.05. The van der Waals surface area contributed by atoms with E-state index in [9.17, 15) is 9.59 Å². The maximum absolute atomic E-state index is 12.0. The Morgan fingerprint density at radius 2 is 1.79 bits per heavy atom. The Labute approximate surface area is 170 Å². The fourth-order valence-electron chi connectivity index (χ4n) is 4.33. The molecule has 2 aromatic carbocycles. The molecule has 0 atom stereocenters. The van der Waals surface area contributed by atoms with E-state index in [0.29, 0.717) is 6.54 Å². The average molecular weight is 398 g/mol. The molecule has 1 saturated carbocycles. The second-order valence-corrected chi connectivity index (χ2v) is 8.72. The first-order valence-electron chi connectivity index (χ1n) is 10.3. The number of rotatable bonds is 7. The number of ether oxygens (including phenoxy) is 1. The molecule has 1 saturated heterocycles. The minimum absolute atomic E-state index is 0.109. The molecule has 0 aromatic heterocycles. The lowest BCUT2D eigenvalue weighted by Crippen LogP contribution is -2.28. The van der Waals surface area contributed by atoms with Crippen molar-refractivity contribution in [2.75, 3.05) is 12.4 Å². The van der Waals surface area contributed by atoms with Crippen molar-refractivity contribution in [3.8, 4) is 5.75 Å². The Bertz CT molecular complexity index is 844. The van der Waals surface area contributed by atoms with E-state index in [4.69, 9.17) is 4.74 Å². The van der Waals surface area contributed by atoms with Gasteiger partial charge in [-0.25, -0.2) is 0 Å². The zero-order chi connectivity index (χ0) is 19.3. The number of benzene rings is 2. The number of carbonyl (C=O) groups is 2. The molecule has 0 N–H and O–H groups in total. The molecule has 2 amide bonds. The van der Waals surface area contributed by atoms with Crippen molar-refractivity contribution in [1.29, 1.82) is 0 Å². The van der Waals surface area contributed by atoms with Gasteiger partial charge in [0.05, 0.1) is 18.9 Å². The molecule has 0 radical (unpaired) electrons. The van der Waals surface area contributed by atoms with Crippen LogP contribution < -0.4 is 4.74 Å². The summed E-state index contributed by atoms with van der Waals surface area (Å²) in [7, 11) is 0. The number of imide groups is 1. The Hall–Kier alpha value is -2.01. The molecule has 0 unspecified atom stereocenters. The van der Waals surface area contributed by atoms with Crippen LogP contribution in [0.25, 0.3) is 10.8 Å². The van der Waals surface area contributed by atoms with Gasteiger partial charge in [0.25, 0.3) is 5.24 Å². The predicted octanol–water partition coefficient (Wildman–Crippen LogP) is 5.77. The van der Waals surface area contributed by atoms with E-state index in [2.05, 4.69) is 6.07 Å². The second kappa shape index (κ2) is 8.99. The molecule has 2 aromatic rings. The largest absolute Gasteiger partial charge is 0.493 e. The van der Waals surface area contributed by atoms with Crippen LogP contribution in [0, 0.1) is 5.92 Å². The zero-order valence-electron chi connectivity index (χ0n) is 16.2. The van der Waals surface area contributed by atoms with Gasteiger partial charge in [-0.3, -0.25) is 14.5 Å². The van der Waals surface area contributed by atoms with Crippen molar-refractivity contribution in [1.82, 2.24) is 4.90 Å². The molecule has 0 spiro atoms. The van der Waals surface area contributed by atoms with Gasteiger partial charge < -0.3 is 4.74 Å². The highest BCUT2D eigenvalue weighted by Crippen LogP contribution is 2.32. The van der Waals surface area contributed by atoms with Crippen molar-refractivity contribution in [2.24, 2.45) is 5.92 Å². The lowest BCUT2D eigenvalue weighted by Gasteiger charge is -2.21. The van der Waals surface area contributed by atoms with Gasteiger partial charge in [-0.15, -0.1) is 0 Å². The monoisotopic (exact) mass is 397 g/mol. The number of thioether (sulfide) groups is 1. The van der Waals surface area contributed by atoms with E-state index in [0.717, 1.165) is 52.8 Å². The number of hydrogen-bond donors (Lipinski definition) is 0. The maximum atomic E-state index is 12.0. The van der Waals surface area contributed by atoms with E-state index in [1.807, 2.05) is 30.3 Å². The normalized spacial score (nSPS) is 18.2. The fraction of sp³-hybridized carbons (Fsp3) is 0.478. The molecule has 2 fully saturated rings. The minimum atomic E-state index is -0.155. The van der Waals surface area contributed by atoms with Gasteiger partial charge in [0.15, 0.2) is 0 Å². The maximum Gasteiger partial charge on any atom is 0.289 e. The molecule has 0 bridgehead atoms. The lowest BCUT2D eigenvalue weighted by atomic mass is 9.86. The van der Waals surface area contributed by atoms with Gasteiger partial charge in [-0.05, 0) is 35.8 Å². The third kappa shape index (κ3) is 4.35. The number of nitrogens with zero attached hydrogens (tertiary/aromatic N) is 1.